The molecule has 5 heteroatoms. The molecule has 1 aromatic heterocycles. The van der Waals surface area contributed by atoms with Gasteiger partial charge in [0.1, 0.15) is 5.82 Å². The van der Waals surface area contributed by atoms with E-state index in [9.17, 15) is 0 Å². The van der Waals surface area contributed by atoms with Crippen molar-refractivity contribution in [2.75, 3.05) is 19.8 Å². The number of benzene rings is 2. The van der Waals surface area contributed by atoms with Gasteiger partial charge in [0.15, 0.2) is 0 Å². The molecule has 0 unspecified atom stereocenters. The number of morpholine rings is 1. The van der Waals surface area contributed by atoms with Crippen molar-refractivity contribution in [1.29, 1.82) is 0 Å². The first-order valence-corrected chi connectivity index (χ1v) is 8.84. The maximum absolute atomic E-state index is 5.97. The molecule has 0 bridgehead atoms. The molecule has 1 fully saturated rings. The highest BCUT2D eigenvalue weighted by molar-refractivity contribution is 6.30. The van der Waals surface area contributed by atoms with Crippen LogP contribution in [0.5, 0.6) is 0 Å². The third-order valence-corrected chi connectivity index (χ3v) is 4.79. The highest BCUT2D eigenvalue weighted by Crippen LogP contribution is 2.27. The van der Waals surface area contributed by atoms with Crippen molar-refractivity contribution in [1.82, 2.24) is 14.9 Å². The first kappa shape index (κ1) is 16.3. The third kappa shape index (κ3) is 3.76. The molecule has 1 atom stereocenters. The van der Waals surface area contributed by atoms with Gasteiger partial charge in [0.25, 0.3) is 0 Å². The standard InChI is InChI=1S/C20H20ClN3O/c21-17-8-6-16(7-9-17)18-12-22-20(23-18)19-14-25-11-10-24(19)13-15-4-2-1-3-5-15/h1-9,12,19H,10-11,13-14H2,(H,22,23)/t19-/m0/s1. The fourth-order valence-corrected chi connectivity index (χ4v) is 3.31. The molecular weight excluding hydrogens is 334 g/mol. The molecule has 1 N–H and O–H groups in total. The van der Waals surface area contributed by atoms with Crippen molar-refractivity contribution in [2.45, 2.75) is 12.6 Å². The van der Waals surface area contributed by atoms with E-state index in [1.165, 1.54) is 5.56 Å². The van der Waals surface area contributed by atoms with Gasteiger partial charge in [0, 0.05) is 18.1 Å². The fraction of sp³-hybridized carbons (Fsp3) is 0.250. The molecule has 2 aromatic carbocycles. The van der Waals surface area contributed by atoms with Crippen LogP contribution in [0.4, 0.5) is 0 Å². The normalized spacial score (nSPS) is 18.4. The van der Waals surface area contributed by atoms with Crippen LogP contribution in [0.1, 0.15) is 17.4 Å². The Morgan fingerprint density at radius 2 is 1.92 bits per heavy atom. The zero-order chi connectivity index (χ0) is 17.1. The van der Waals surface area contributed by atoms with Crippen molar-refractivity contribution in [3.8, 4) is 11.3 Å². The first-order chi connectivity index (χ1) is 12.3. The number of nitrogens with one attached hydrogen (secondary N) is 1. The molecule has 1 aliphatic rings. The molecule has 2 heterocycles. The lowest BCUT2D eigenvalue weighted by molar-refractivity contribution is -0.0156. The number of aromatic amines is 1. The molecule has 0 amide bonds. The van der Waals surface area contributed by atoms with E-state index in [0.29, 0.717) is 6.61 Å². The predicted octanol–water partition coefficient (Wildman–Crippen LogP) is 4.30. The summed E-state index contributed by atoms with van der Waals surface area (Å²) in [5.74, 6) is 0.945. The second kappa shape index (κ2) is 7.40. The second-order valence-corrected chi connectivity index (χ2v) is 6.67. The molecule has 4 nitrogen and oxygen atoms in total. The lowest BCUT2D eigenvalue weighted by Crippen LogP contribution is -2.39. The molecule has 0 radical (unpaired) electrons. The lowest BCUT2D eigenvalue weighted by Gasteiger charge is -2.34. The van der Waals surface area contributed by atoms with Gasteiger partial charge in [-0.1, -0.05) is 54.1 Å². The number of rotatable bonds is 4. The van der Waals surface area contributed by atoms with Crippen LogP contribution in [-0.2, 0) is 11.3 Å². The monoisotopic (exact) mass is 353 g/mol. The summed E-state index contributed by atoms with van der Waals surface area (Å²) in [5, 5.41) is 0.734. The van der Waals surface area contributed by atoms with Crippen LogP contribution >= 0.6 is 11.6 Å². The Balaban J connectivity index is 1.55. The van der Waals surface area contributed by atoms with E-state index in [0.717, 1.165) is 41.8 Å². The minimum Gasteiger partial charge on any atom is -0.378 e. The van der Waals surface area contributed by atoms with Crippen molar-refractivity contribution >= 4 is 11.6 Å². The minimum absolute atomic E-state index is 0.134. The van der Waals surface area contributed by atoms with E-state index in [-0.39, 0.29) is 6.04 Å². The lowest BCUT2D eigenvalue weighted by atomic mass is 10.1. The molecule has 0 saturated carbocycles. The second-order valence-electron chi connectivity index (χ2n) is 6.24. The fourth-order valence-electron chi connectivity index (χ4n) is 3.18. The molecule has 1 saturated heterocycles. The Bertz CT molecular complexity index is 816. The van der Waals surface area contributed by atoms with E-state index < -0.39 is 0 Å². The van der Waals surface area contributed by atoms with Gasteiger partial charge in [0.2, 0.25) is 0 Å². The van der Waals surface area contributed by atoms with Gasteiger partial charge in [-0.2, -0.15) is 0 Å². The van der Waals surface area contributed by atoms with Crippen molar-refractivity contribution in [3.05, 3.63) is 77.2 Å². The summed E-state index contributed by atoms with van der Waals surface area (Å²) in [6.45, 7) is 3.21. The third-order valence-electron chi connectivity index (χ3n) is 4.53. The van der Waals surface area contributed by atoms with Gasteiger partial charge in [-0.3, -0.25) is 4.90 Å². The van der Waals surface area contributed by atoms with E-state index in [4.69, 9.17) is 16.3 Å². The zero-order valence-corrected chi connectivity index (χ0v) is 14.6. The Morgan fingerprint density at radius 3 is 2.72 bits per heavy atom. The average molecular weight is 354 g/mol. The molecular formula is C20H20ClN3O. The van der Waals surface area contributed by atoms with Crippen LogP contribution in [0.25, 0.3) is 11.3 Å². The Kier molecular flexibility index (Phi) is 4.83. The van der Waals surface area contributed by atoms with Crippen LogP contribution in [0, 0.1) is 0 Å². The van der Waals surface area contributed by atoms with Crippen molar-refractivity contribution < 1.29 is 4.74 Å². The number of nitrogens with zero attached hydrogens (tertiary/aromatic N) is 2. The molecule has 128 valence electrons. The van der Waals surface area contributed by atoms with E-state index >= 15 is 0 Å². The van der Waals surface area contributed by atoms with Crippen molar-refractivity contribution in [2.24, 2.45) is 0 Å². The number of hydrogen-bond donors (Lipinski definition) is 1. The summed E-state index contributed by atoms with van der Waals surface area (Å²) < 4.78 is 5.72. The molecule has 1 aliphatic heterocycles. The number of H-pyrrole nitrogens is 1. The quantitative estimate of drug-likeness (QED) is 0.760. The van der Waals surface area contributed by atoms with Gasteiger partial charge in [0.05, 0.1) is 31.1 Å². The van der Waals surface area contributed by atoms with Crippen LogP contribution in [-0.4, -0.2) is 34.6 Å². The zero-order valence-electron chi connectivity index (χ0n) is 13.9. The Morgan fingerprint density at radius 1 is 1.12 bits per heavy atom. The Labute approximate surface area is 152 Å². The van der Waals surface area contributed by atoms with Crippen molar-refractivity contribution in [3.63, 3.8) is 0 Å². The van der Waals surface area contributed by atoms with Crippen LogP contribution in [0.3, 0.4) is 0 Å². The van der Waals surface area contributed by atoms with E-state index in [1.807, 2.05) is 36.5 Å². The molecule has 3 aromatic rings. The molecule has 25 heavy (non-hydrogen) atoms. The summed E-state index contributed by atoms with van der Waals surface area (Å²) in [6.07, 6.45) is 1.88. The van der Waals surface area contributed by atoms with Gasteiger partial charge in [-0.25, -0.2) is 4.98 Å². The van der Waals surface area contributed by atoms with Gasteiger partial charge in [-0.15, -0.1) is 0 Å². The van der Waals surface area contributed by atoms with Gasteiger partial charge < -0.3 is 9.72 Å². The molecule has 0 aliphatic carbocycles. The molecule has 4 rings (SSSR count). The van der Waals surface area contributed by atoms with Crippen LogP contribution in [0.15, 0.2) is 60.8 Å². The summed E-state index contributed by atoms with van der Waals surface area (Å²) in [4.78, 5) is 10.5. The van der Waals surface area contributed by atoms with E-state index in [2.05, 4.69) is 39.1 Å². The number of imidazole rings is 1. The summed E-state index contributed by atoms with van der Waals surface area (Å²) in [7, 11) is 0. The van der Waals surface area contributed by atoms with Gasteiger partial charge >= 0.3 is 0 Å². The number of aromatic nitrogens is 2. The van der Waals surface area contributed by atoms with E-state index in [1.54, 1.807) is 0 Å². The SMILES string of the molecule is Clc1ccc(-c2cnc([C@@H]3COCCN3Cc3ccccc3)[nH]2)cc1. The smallest absolute Gasteiger partial charge is 0.126 e. The summed E-state index contributed by atoms with van der Waals surface area (Å²) in [5.41, 5.74) is 3.38. The highest BCUT2D eigenvalue weighted by atomic mass is 35.5. The Hall–Kier alpha value is -2.14. The number of halogens is 1. The first-order valence-electron chi connectivity index (χ1n) is 8.46. The predicted molar refractivity (Wildman–Crippen MR) is 99.4 cm³/mol. The number of ether oxygens (including phenoxy) is 1. The largest absolute Gasteiger partial charge is 0.378 e. The highest BCUT2D eigenvalue weighted by Gasteiger charge is 2.27. The average Bonchev–Trinajstić information content (AvgIpc) is 3.14. The summed E-state index contributed by atoms with van der Waals surface area (Å²) in [6, 6.07) is 18.4. The number of hydrogen-bond acceptors (Lipinski definition) is 3. The maximum Gasteiger partial charge on any atom is 0.126 e. The minimum atomic E-state index is 0.134. The summed E-state index contributed by atoms with van der Waals surface area (Å²) >= 11 is 5.97. The molecule has 0 spiro atoms. The van der Waals surface area contributed by atoms with Crippen LogP contribution < -0.4 is 0 Å². The maximum atomic E-state index is 5.97. The van der Waals surface area contributed by atoms with Crippen LogP contribution in [0.2, 0.25) is 5.02 Å². The topological polar surface area (TPSA) is 41.1 Å². The van der Waals surface area contributed by atoms with Gasteiger partial charge in [-0.05, 0) is 23.3 Å².